The Morgan fingerprint density at radius 3 is 2.85 bits per heavy atom. The lowest BCUT2D eigenvalue weighted by Gasteiger charge is -2.09. The second-order valence-electron chi connectivity index (χ2n) is 4.40. The second-order valence-corrected chi connectivity index (χ2v) is 5.32. The van der Waals surface area contributed by atoms with E-state index in [1.807, 2.05) is 30.3 Å². The molecule has 0 bridgehead atoms. The van der Waals surface area contributed by atoms with Crippen molar-refractivity contribution in [3.63, 3.8) is 0 Å². The van der Waals surface area contributed by atoms with E-state index in [1.54, 1.807) is 6.20 Å². The number of nitrogens with two attached hydrogens (primary N) is 1. The Labute approximate surface area is 125 Å². The SMILES string of the molecule is NNC1=Nc2ccc(Br)cc2C(c2ccccn2)=CC1. The van der Waals surface area contributed by atoms with Gasteiger partial charge in [-0.3, -0.25) is 4.98 Å². The van der Waals surface area contributed by atoms with Gasteiger partial charge in [0.05, 0.1) is 11.4 Å². The van der Waals surface area contributed by atoms with Crippen LogP contribution in [0.4, 0.5) is 5.69 Å². The van der Waals surface area contributed by atoms with Gasteiger partial charge in [0.2, 0.25) is 0 Å². The lowest BCUT2D eigenvalue weighted by Crippen LogP contribution is -2.29. The van der Waals surface area contributed by atoms with E-state index < -0.39 is 0 Å². The van der Waals surface area contributed by atoms with Gasteiger partial charge in [-0.05, 0) is 30.3 Å². The van der Waals surface area contributed by atoms with Crippen molar-refractivity contribution >= 4 is 33.0 Å². The van der Waals surface area contributed by atoms with E-state index >= 15 is 0 Å². The number of benzene rings is 1. The third-order valence-electron chi connectivity index (χ3n) is 3.11. The van der Waals surface area contributed by atoms with Gasteiger partial charge in [-0.1, -0.05) is 28.1 Å². The Hall–Kier alpha value is -1.98. The molecule has 0 aliphatic carbocycles. The number of halogens is 1. The van der Waals surface area contributed by atoms with E-state index in [0.29, 0.717) is 6.42 Å². The largest absolute Gasteiger partial charge is 0.312 e. The highest BCUT2D eigenvalue weighted by Crippen LogP contribution is 2.35. The number of hydrogen-bond donors (Lipinski definition) is 2. The molecular weight excluding hydrogens is 316 g/mol. The third-order valence-corrected chi connectivity index (χ3v) is 3.60. The molecule has 3 N–H and O–H groups in total. The van der Waals surface area contributed by atoms with Crippen molar-refractivity contribution in [3.8, 4) is 0 Å². The minimum Gasteiger partial charge on any atom is -0.312 e. The zero-order chi connectivity index (χ0) is 13.9. The van der Waals surface area contributed by atoms with Crippen molar-refractivity contribution in [2.45, 2.75) is 6.42 Å². The monoisotopic (exact) mass is 328 g/mol. The molecule has 1 aliphatic heterocycles. The maximum Gasteiger partial charge on any atom is 0.120 e. The summed E-state index contributed by atoms with van der Waals surface area (Å²) in [6, 6.07) is 11.9. The number of aromatic nitrogens is 1. The van der Waals surface area contributed by atoms with Gasteiger partial charge >= 0.3 is 0 Å². The lowest BCUT2D eigenvalue weighted by atomic mass is 10.00. The van der Waals surface area contributed by atoms with Gasteiger partial charge in [-0.25, -0.2) is 10.8 Å². The van der Waals surface area contributed by atoms with E-state index in [0.717, 1.165) is 32.8 Å². The molecule has 0 spiro atoms. The number of nitrogens with zero attached hydrogens (tertiary/aromatic N) is 2. The van der Waals surface area contributed by atoms with Crippen molar-refractivity contribution in [2.24, 2.45) is 10.8 Å². The number of pyridine rings is 1. The first-order valence-corrected chi connectivity index (χ1v) is 7.03. The van der Waals surface area contributed by atoms with E-state index in [1.165, 1.54) is 0 Å². The highest BCUT2D eigenvalue weighted by atomic mass is 79.9. The van der Waals surface area contributed by atoms with Gasteiger partial charge in [0.25, 0.3) is 0 Å². The van der Waals surface area contributed by atoms with Crippen molar-refractivity contribution in [1.29, 1.82) is 0 Å². The van der Waals surface area contributed by atoms with Crippen molar-refractivity contribution < 1.29 is 0 Å². The zero-order valence-electron chi connectivity index (χ0n) is 10.7. The zero-order valence-corrected chi connectivity index (χ0v) is 12.3. The summed E-state index contributed by atoms with van der Waals surface area (Å²) < 4.78 is 1.01. The normalized spacial score (nSPS) is 13.9. The Balaban J connectivity index is 2.19. The fourth-order valence-electron chi connectivity index (χ4n) is 2.18. The fraction of sp³-hybridized carbons (Fsp3) is 0.0667. The number of hydrazine groups is 1. The highest BCUT2D eigenvalue weighted by molar-refractivity contribution is 9.10. The third kappa shape index (κ3) is 2.50. The van der Waals surface area contributed by atoms with Crippen LogP contribution >= 0.6 is 15.9 Å². The molecule has 0 saturated carbocycles. The minimum absolute atomic E-state index is 0.648. The molecule has 2 aromatic rings. The van der Waals surface area contributed by atoms with Crippen LogP contribution in [0.15, 0.2) is 58.1 Å². The van der Waals surface area contributed by atoms with E-state index in [2.05, 4.69) is 43.5 Å². The summed E-state index contributed by atoms with van der Waals surface area (Å²) >= 11 is 3.51. The van der Waals surface area contributed by atoms with Gasteiger partial charge < -0.3 is 5.43 Å². The predicted octanol–water partition coefficient (Wildman–Crippen LogP) is 3.17. The predicted molar refractivity (Wildman–Crippen MR) is 84.5 cm³/mol. The minimum atomic E-state index is 0.648. The van der Waals surface area contributed by atoms with Crippen molar-refractivity contribution in [1.82, 2.24) is 10.4 Å². The molecule has 2 heterocycles. The molecule has 1 aromatic heterocycles. The number of hydrogen-bond acceptors (Lipinski definition) is 4. The number of fused-ring (bicyclic) bond motifs is 1. The van der Waals surface area contributed by atoms with Gasteiger partial charge in [0.15, 0.2) is 0 Å². The van der Waals surface area contributed by atoms with Crippen LogP contribution < -0.4 is 11.3 Å². The Morgan fingerprint density at radius 2 is 2.10 bits per heavy atom. The van der Waals surface area contributed by atoms with Gasteiger partial charge in [0, 0.05) is 28.2 Å². The molecule has 20 heavy (non-hydrogen) atoms. The summed E-state index contributed by atoms with van der Waals surface area (Å²) in [4.78, 5) is 8.99. The summed E-state index contributed by atoms with van der Waals surface area (Å²) in [5.74, 6) is 6.24. The molecule has 3 rings (SSSR count). The summed E-state index contributed by atoms with van der Waals surface area (Å²) in [5, 5.41) is 0. The van der Waals surface area contributed by atoms with Crippen LogP contribution in [0.25, 0.3) is 5.57 Å². The van der Waals surface area contributed by atoms with Crippen LogP contribution in [0, 0.1) is 0 Å². The maximum absolute atomic E-state index is 5.51. The summed E-state index contributed by atoms with van der Waals surface area (Å²) in [6.07, 6.45) is 4.54. The number of amidine groups is 1. The topological polar surface area (TPSA) is 63.3 Å². The van der Waals surface area contributed by atoms with Crippen LogP contribution in [0.2, 0.25) is 0 Å². The van der Waals surface area contributed by atoms with Crippen LogP contribution in [0.1, 0.15) is 17.7 Å². The van der Waals surface area contributed by atoms with Crippen LogP contribution in [0.3, 0.4) is 0 Å². The highest BCUT2D eigenvalue weighted by Gasteiger charge is 2.15. The first-order chi connectivity index (χ1) is 9.78. The van der Waals surface area contributed by atoms with Crippen LogP contribution in [-0.2, 0) is 0 Å². The quantitative estimate of drug-likeness (QED) is 0.624. The fourth-order valence-corrected chi connectivity index (χ4v) is 2.54. The molecule has 1 aromatic carbocycles. The summed E-state index contributed by atoms with van der Waals surface area (Å²) in [6.45, 7) is 0. The summed E-state index contributed by atoms with van der Waals surface area (Å²) in [7, 11) is 0. The molecule has 4 nitrogen and oxygen atoms in total. The van der Waals surface area contributed by atoms with E-state index in [9.17, 15) is 0 Å². The van der Waals surface area contributed by atoms with E-state index in [-0.39, 0.29) is 0 Å². The molecule has 0 atom stereocenters. The Bertz CT molecular complexity index is 692. The number of nitrogens with one attached hydrogen (secondary N) is 1. The molecule has 0 radical (unpaired) electrons. The molecule has 0 amide bonds. The van der Waals surface area contributed by atoms with Crippen molar-refractivity contribution in [3.05, 3.63) is 64.4 Å². The van der Waals surface area contributed by atoms with Crippen molar-refractivity contribution in [2.75, 3.05) is 0 Å². The molecule has 0 unspecified atom stereocenters. The lowest BCUT2D eigenvalue weighted by molar-refractivity contribution is 0.998. The average molecular weight is 329 g/mol. The van der Waals surface area contributed by atoms with Crippen LogP contribution in [0.5, 0.6) is 0 Å². The second kappa shape index (κ2) is 5.56. The Kier molecular flexibility index (Phi) is 3.62. The number of rotatable bonds is 1. The number of aliphatic imine (C=N–C) groups is 1. The molecule has 5 heteroatoms. The van der Waals surface area contributed by atoms with Crippen LogP contribution in [-0.4, -0.2) is 10.8 Å². The molecule has 100 valence electrons. The van der Waals surface area contributed by atoms with E-state index in [4.69, 9.17) is 5.84 Å². The smallest absolute Gasteiger partial charge is 0.120 e. The molecule has 0 saturated heterocycles. The first kappa shape index (κ1) is 13.0. The molecule has 1 aliphatic rings. The van der Waals surface area contributed by atoms with Gasteiger partial charge in [-0.2, -0.15) is 0 Å². The maximum atomic E-state index is 5.51. The average Bonchev–Trinajstić information content (AvgIpc) is 2.67. The molecule has 0 fully saturated rings. The molecular formula is C15H13BrN4. The van der Waals surface area contributed by atoms with Gasteiger partial charge in [0.1, 0.15) is 5.84 Å². The first-order valence-electron chi connectivity index (χ1n) is 6.23. The Morgan fingerprint density at radius 1 is 1.20 bits per heavy atom. The standard InChI is InChI=1S/C15H13BrN4/c16-10-4-6-14-12(9-10)11(5-7-15(19-14)20-17)13-3-1-2-8-18-13/h1-6,8-9H,7,17H2,(H,19,20). The van der Waals surface area contributed by atoms with Gasteiger partial charge in [-0.15, -0.1) is 0 Å². The summed E-state index contributed by atoms with van der Waals surface area (Å²) in [5.41, 5.74) is 6.57.